The van der Waals surface area contributed by atoms with E-state index in [4.69, 9.17) is 11.5 Å². The lowest BCUT2D eigenvalue weighted by molar-refractivity contribution is -0.115. The number of carbonyl (C=O) groups excluding carboxylic acids is 2. The number of carbonyl (C=O) groups is 2. The number of thiazole rings is 1. The van der Waals surface area contributed by atoms with Crippen molar-refractivity contribution in [2.75, 3.05) is 17.6 Å². The minimum absolute atomic E-state index is 0.171. The van der Waals surface area contributed by atoms with Crippen molar-refractivity contribution in [2.24, 2.45) is 5.73 Å². The topological polar surface area (TPSA) is 141 Å². The van der Waals surface area contributed by atoms with Gasteiger partial charge >= 0.3 is 0 Å². The van der Waals surface area contributed by atoms with Crippen LogP contribution >= 0.6 is 11.3 Å². The van der Waals surface area contributed by atoms with Gasteiger partial charge in [-0.1, -0.05) is 18.2 Å². The Kier molecular flexibility index (Phi) is 6.94. The van der Waals surface area contributed by atoms with Gasteiger partial charge in [-0.3, -0.25) is 14.3 Å². The first-order valence-electron chi connectivity index (χ1n) is 11.0. The summed E-state index contributed by atoms with van der Waals surface area (Å²) in [4.78, 5) is 29.0. The number of nitrogens with zero attached hydrogens (tertiary/aromatic N) is 3. The van der Waals surface area contributed by atoms with Gasteiger partial charge in [-0.05, 0) is 50.2 Å². The molecule has 0 aliphatic heterocycles. The second-order valence-corrected chi connectivity index (χ2v) is 9.72. The molecule has 6 N–H and O–H groups in total. The molecule has 2 heterocycles. The largest absolute Gasteiger partial charge is 0.399 e. The quantitative estimate of drug-likeness (QED) is 0.280. The summed E-state index contributed by atoms with van der Waals surface area (Å²) in [5, 5.41) is 12.3. The maximum absolute atomic E-state index is 12.3. The van der Waals surface area contributed by atoms with Crippen LogP contribution in [0.4, 0.5) is 10.8 Å². The van der Waals surface area contributed by atoms with Crippen molar-refractivity contribution in [2.45, 2.75) is 25.9 Å². The molecule has 0 bridgehead atoms. The summed E-state index contributed by atoms with van der Waals surface area (Å²) in [6.45, 7) is 4.36. The van der Waals surface area contributed by atoms with Gasteiger partial charge in [0.1, 0.15) is 0 Å². The van der Waals surface area contributed by atoms with Gasteiger partial charge in [-0.25, -0.2) is 4.98 Å². The molecule has 2 aromatic carbocycles. The van der Waals surface area contributed by atoms with Gasteiger partial charge in [0.25, 0.3) is 5.91 Å². The Morgan fingerprint density at radius 2 is 1.77 bits per heavy atom. The summed E-state index contributed by atoms with van der Waals surface area (Å²) in [6.07, 6.45) is 1.92. The second-order valence-electron chi connectivity index (χ2n) is 8.86. The number of nitrogens with two attached hydrogens (primary N) is 2. The Morgan fingerprint density at radius 1 is 1.06 bits per heavy atom. The molecule has 0 unspecified atom stereocenters. The van der Waals surface area contributed by atoms with Crippen molar-refractivity contribution in [3.8, 4) is 22.5 Å². The summed E-state index contributed by atoms with van der Waals surface area (Å²) >= 11 is 1.31. The molecule has 4 rings (SSSR count). The molecule has 0 aliphatic rings. The minimum atomic E-state index is -0.364. The number of hydrogen-bond acceptors (Lipinski definition) is 7. The summed E-state index contributed by atoms with van der Waals surface area (Å²) in [5.74, 6) is -0.717. The molecule has 10 heteroatoms. The third kappa shape index (κ3) is 6.52. The van der Waals surface area contributed by atoms with E-state index in [1.807, 2.05) is 60.4 Å². The van der Waals surface area contributed by atoms with Crippen LogP contribution < -0.4 is 22.1 Å². The molecule has 2 amide bonds. The van der Waals surface area contributed by atoms with Crippen molar-refractivity contribution in [3.63, 3.8) is 0 Å². The Balaban J connectivity index is 1.37. The molecule has 0 fully saturated rings. The maximum atomic E-state index is 12.3. The summed E-state index contributed by atoms with van der Waals surface area (Å²) in [7, 11) is 0. The highest BCUT2D eigenvalue weighted by Crippen LogP contribution is 2.28. The predicted octanol–water partition coefficient (Wildman–Crippen LogP) is 3.36. The van der Waals surface area contributed by atoms with Crippen molar-refractivity contribution in [1.29, 1.82) is 0 Å². The SMILES string of the molecule is CC(C)(N)Cn1ccc(-c2cccc(-c3csc(NC(=O)CNC(=O)c4ccc(N)cc4)n3)c2)n1. The van der Waals surface area contributed by atoms with Crippen LogP contribution in [0.2, 0.25) is 0 Å². The van der Waals surface area contributed by atoms with Crippen LogP contribution in [-0.4, -0.2) is 38.7 Å². The zero-order valence-electron chi connectivity index (χ0n) is 19.5. The lowest BCUT2D eigenvalue weighted by atomic mass is 10.1. The average molecular weight is 490 g/mol. The van der Waals surface area contributed by atoms with Gasteiger partial charge in [0.15, 0.2) is 5.13 Å². The standard InChI is InChI=1S/C25H27N7O2S/c1-25(2,27)15-32-11-10-20(31-32)17-4-3-5-18(12-17)21-14-35-24(29-21)30-22(33)13-28-23(34)16-6-8-19(26)9-7-16/h3-12,14H,13,15,26-27H2,1-2H3,(H,28,34)(H,29,30,33). The second kappa shape index (κ2) is 10.1. The average Bonchev–Trinajstić information content (AvgIpc) is 3.47. The number of benzene rings is 2. The number of amides is 2. The molecule has 0 saturated carbocycles. The van der Waals surface area contributed by atoms with Gasteiger partial charge in [-0.15, -0.1) is 11.3 Å². The zero-order valence-corrected chi connectivity index (χ0v) is 20.3. The number of nitrogen functional groups attached to an aromatic ring is 1. The van der Waals surface area contributed by atoms with Gasteiger partial charge in [0.05, 0.1) is 24.5 Å². The van der Waals surface area contributed by atoms with Crippen molar-refractivity contribution in [3.05, 3.63) is 71.7 Å². The molecular weight excluding hydrogens is 462 g/mol. The number of hydrogen-bond donors (Lipinski definition) is 4. The van der Waals surface area contributed by atoms with Crippen LogP contribution in [0.15, 0.2) is 66.2 Å². The molecule has 0 radical (unpaired) electrons. The third-order valence-corrected chi connectivity index (χ3v) is 5.75. The predicted molar refractivity (Wildman–Crippen MR) is 139 cm³/mol. The van der Waals surface area contributed by atoms with Crippen molar-refractivity contribution < 1.29 is 9.59 Å². The lowest BCUT2D eigenvalue weighted by Gasteiger charge is -2.17. The Hall–Kier alpha value is -4.02. The molecule has 0 saturated heterocycles. The molecule has 0 aliphatic carbocycles. The van der Waals surface area contributed by atoms with E-state index in [-0.39, 0.29) is 23.9 Å². The molecule has 180 valence electrons. The van der Waals surface area contributed by atoms with Crippen LogP contribution in [0.25, 0.3) is 22.5 Å². The van der Waals surface area contributed by atoms with Crippen LogP contribution in [0.1, 0.15) is 24.2 Å². The Labute approximate surface area is 207 Å². The molecule has 9 nitrogen and oxygen atoms in total. The van der Waals surface area contributed by atoms with Crippen molar-refractivity contribution in [1.82, 2.24) is 20.1 Å². The molecule has 4 aromatic rings. The van der Waals surface area contributed by atoms with E-state index in [2.05, 4.69) is 20.7 Å². The zero-order chi connectivity index (χ0) is 25.0. The molecule has 0 spiro atoms. The number of aromatic nitrogens is 3. The molecule has 0 atom stereocenters. The molecule has 2 aromatic heterocycles. The van der Waals surface area contributed by atoms with Gasteiger partial charge in [-0.2, -0.15) is 5.10 Å². The van der Waals surface area contributed by atoms with E-state index < -0.39 is 0 Å². The smallest absolute Gasteiger partial charge is 0.251 e. The summed E-state index contributed by atoms with van der Waals surface area (Å²) in [6, 6.07) is 16.3. The Morgan fingerprint density at radius 3 is 2.49 bits per heavy atom. The molecule has 35 heavy (non-hydrogen) atoms. The maximum Gasteiger partial charge on any atom is 0.251 e. The third-order valence-electron chi connectivity index (χ3n) is 5.00. The van der Waals surface area contributed by atoms with Gasteiger partial charge in [0.2, 0.25) is 5.91 Å². The van der Waals surface area contributed by atoms with Crippen LogP contribution in [0.5, 0.6) is 0 Å². The van der Waals surface area contributed by atoms with Crippen molar-refractivity contribution >= 4 is 34.0 Å². The lowest BCUT2D eigenvalue weighted by Crippen LogP contribution is -2.37. The van der Waals surface area contributed by atoms with Crippen LogP contribution in [0, 0.1) is 0 Å². The van der Waals surface area contributed by atoms with E-state index in [0.29, 0.717) is 22.9 Å². The fraction of sp³-hybridized carbons (Fsp3) is 0.200. The minimum Gasteiger partial charge on any atom is -0.399 e. The highest BCUT2D eigenvalue weighted by atomic mass is 32.1. The Bertz CT molecular complexity index is 1340. The highest BCUT2D eigenvalue weighted by Gasteiger charge is 2.14. The van der Waals surface area contributed by atoms with E-state index in [0.717, 1.165) is 22.5 Å². The molecular formula is C25H27N7O2S. The summed E-state index contributed by atoms with van der Waals surface area (Å²) in [5.41, 5.74) is 15.8. The highest BCUT2D eigenvalue weighted by molar-refractivity contribution is 7.14. The fourth-order valence-corrected chi connectivity index (χ4v) is 4.12. The fourth-order valence-electron chi connectivity index (χ4n) is 3.38. The van der Waals surface area contributed by atoms with Crippen LogP contribution in [0.3, 0.4) is 0 Å². The number of rotatable bonds is 8. The first-order valence-corrected chi connectivity index (χ1v) is 11.9. The van der Waals surface area contributed by atoms with Gasteiger partial charge < -0.3 is 22.1 Å². The van der Waals surface area contributed by atoms with Gasteiger partial charge in [0, 0.05) is 39.5 Å². The van der Waals surface area contributed by atoms with Crippen LogP contribution in [-0.2, 0) is 11.3 Å². The van der Waals surface area contributed by atoms with E-state index >= 15 is 0 Å². The normalized spacial score (nSPS) is 11.3. The van der Waals surface area contributed by atoms with E-state index in [9.17, 15) is 9.59 Å². The van der Waals surface area contributed by atoms with E-state index in [1.165, 1.54) is 11.3 Å². The first-order chi connectivity index (χ1) is 16.7. The summed E-state index contributed by atoms with van der Waals surface area (Å²) < 4.78 is 1.84. The number of nitrogens with one attached hydrogen (secondary N) is 2. The monoisotopic (exact) mass is 489 g/mol. The van der Waals surface area contributed by atoms with E-state index in [1.54, 1.807) is 24.3 Å². The first kappa shape index (κ1) is 24.1. The number of anilines is 2.